The lowest BCUT2D eigenvalue weighted by molar-refractivity contribution is 0.562. The van der Waals surface area contributed by atoms with Gasteiger partial charge in [0.05, 0.1) is 24.2 Å². The number of hydrogen-bond acceptors (Lipinski definition) is 2. The Morgan fingerprint density at radius 3 is 2.88 bits per heavy atom. The zero-order chi connectivity index (χ0) is 17.8. The number of aryl methyl sites for hydroxylation is 1. The van der Waals surface area contributed by atoms with Gasteiger partial charge in [0.25, 0.3) is 0 Å². The van der Waals surface area contributed by atoms with E-state index in [9.17, 15) is 0 Å². The predicted octanol–water partition coefficient (Wildman–Crippen LogP) is 6.19. The number of benzene rings is 2. The van der Waals surface area contributed by atoms with Gasteiger partial charge in [-0.3, -0.25) is 4.99 Å². The molecule has 2 aromatic carbocycles. The first kappa shape index (κ1) is 15.7. The zero-order valence-corrected chi connectivity index (χ0v) is 15.5. The second kappa shape index (κ2) is 5.76. The molecule has 3 nitrogen and oxygen atoms in total. The highest BCUT2D eigenvalue weighted by molar-refractivity contribution is 6.35. The molecule has 0 bridgehead atoms. The number of furan rings is 1. The van der Waals surface area contributed by atoms with Crippen molar-refractivity contribution in [3.63, 3.8) is 0 Å². The number of fused-ring (bicyclic) bond motifs is 4. The molecule has 0 spiro atoms. The van der Waals surface area contributed by atoms with Crippen LogP contribution < -0.4 is 0 Å². The molecule has 5 rings (SSSR count). The minimum atomic E-state index is 0.469. The largest absolute Gasteiger partial charge is 0.461 e. The Morgan fingerprint density at radius 2 is 2.00 bits per heavy atom. The van der Waals surface area contributed by atoms with Crippen LogP contribution in [0.3, 0.4) is 0 Å². The first-order chi connectivity index (χ1) is 12.6. The second-order valence-corrected chi connectivity index (χ2v) is 7.31. The smallest absolute Gasteiger partial charge is 0.161 e. The number of hydrogen-bond donors (Lipinski definition) is 0. The van der Waals surface area contributed by atoms with Crippen molar-refractivity contribution >= 4 is 39.7 Å². The number of aliphatic imine (C=N–C) groups is 1. The fraction of sp³-hybridized carbons (Fsp3) is 0.0952. The van der Waals surface area contributed by atoms with Crippen molar-refractivity contribution in [3.8, 4) is 5.69 Å². The van der Waals surface area contributed by atoms with Gasteiger partial charge in [0.15, 0.2) is 5.76 Å². The van der Waals surface area contributed by atoms with Gasteiger partial charge in [-0.15, -0.1) is 0 Å². The standard InChI is InChI=1S/C21H14Cl2N2O/c1-12-4-5-13-11-26-21(15(13)7-12)20-18-3-2-6-25(18)19-9-14(22)8-17(23)16(19)10-24-20/h2-9,11H,10H2,1H3. The normalized spacial score (nSPS) is 13.3. The predicted molar refractivity (Wildman–Crippen MR) is 106 cm³/mol. The van der Waals surface area contributed by atoms with Crippen LogP contribution in [0.15, 0.2) is 64.3 Å². The maximum atomic E-state index is 6.45. The molecule has 2 aromatic heterocycles. The highest BCUT2D eigenvalue weighted by Crippen LogP contribution is 2.34. The molecule has 0 unspecified atom stereocenters. The third-order valence-electron chi connectivity index (χ3n) is 4.76. The van der Waals surface area contributed by atoms with Crippen molar-refractivity contribution in [3.05, 3.63) is 87.6 Å². The average molecular weight is 381 g/mol. The van der Waals surface area contributed by atoms with Crippen LogP contribution in [-0.4, -0.2) is 10.3 Å². The van der Waals surface area contributed by atoms with E-state index in [1.807, 2.05) is 24.4 Å². The fourth-order valence-corrected chi connectivity index (χ4v) is 4.05. The summed E-state index contributed by atoms with van der Waals surface area (Å²) < 4.78 is 8.01. The minimum Gasteiger partial charge on any atom is -0.461 e. The van der Waals surface area contributed by atoms with Crippen LogP contribution in [0.1, 0.15) is 22.6 Å². The molecule has 0 saturated carbocycles. The SMILES string of the molecule is Cc1ccc2coc(C3=NCc4c(Cl)cc(Cl)cc4-n4cccc43)c2c1. The van der Waals surface area contributed by atoms with E-state index >= 15 is 0 Å². The number of halogens is 2. The van der Waals surface area contributed by atoms with Crippen LogP contribution in [0.5, 0.6) is 0 Å². The molecule has 4 aromatic rings. The summed E-state index contributed by atoms with van der Waals surface area (Å²) in [6, 6.07) is 14.0. The van der Waals surface area contributed by atoms with E-state index in [2.05, 4.69) is 29.7 Å². The maximum Gasteiger partial charge on any atom is 0.161 e. The summed E-state index contributed by atoms with van der Waals surface area (Å²) in [5.41, 5.74) is 4.87. The Morgan fingerprint density at radius 1 is 1.12 bits per heavy atom. The first-order valence-electron chi connectivity index (χ1n) is 8.30. The molecule has 0 saturated heterocycles. The van der Waals surface area contributed by atoms with Crippen LogP contribution in [0.25, 0.3) is 16.5 Å². The van der Waals surface area contributed by atoms with Crippen LogP contribution >= 0.6 is 23.2 Å². The van der Waals surface area contributed by atoms with Gasteiger partial charge in [-0.25, -0.2) is 0 Å². The summed E-state index contributed by atoms with van der Waals surface area (Å²) in [6.45, 7) is 2.54. The quantitative estimate of drug-likeness (QED) is 0.387. The average Bonchev–Trinajstić information content (AvgIpc) is 3.21. The highest BCUT2D eigenvalue weighted by Gasteiger charge is 2.23. The van der Waals surface area contributed by atoms with E-state index in [1.165, 1.54) is 5.56 Å². The molecule has 0 radical (unpaired) electrons. The molecule has 0 atom stereocenters. The zero-order valence-electron chi connectivity index (χ0n) is 14.0. The lowest BCUT2D eigenvalue weighted by atomic mass is 10.1. The van der Waals surface area contributed by atoms with Gasteiger partial charge in [-0.2, -0.15) is 0 Å². The van der Waals surface area contributed by atoms with E-state index < -0.39 is 0 Å². The Hall–Kier alpha value is -2.49. The molecule has 0 fully saturated rings. The molecule has 0 aliphatic carbocycles. The summed E-state index contributed by atoms with van der Waals surface area (Å²) in [5, 5.41) is 3.36. The Bertz CT molecular complexity index is 1200. The van der Waals surface area contributed by atoms with Crippen molar-refractivity contribution in [1.82, 2.24) is 4.57 Å². The van der Waals surface area contributed by atoms with E-state index in [0.717, 1.165) is 39.2 Å². The van der Waals surface area contributed by atoms with Crippen molar-refractivity contribution in [1.29, 1.82) is 0 Å². The van der Waals surface area contributed by atoms with Crippen molar-refractivity contribution < 1.29 is 4.42 Å². The van der Waals surface area contributed by atoms with Gasteiger partial charge in [-0.1, -0.05) is 40.9 Å². The van der Waals surface area contributed by atoms with E-state index in [4.69, 9.17) is 32.6 Å². The van der Waals surface area contributed by atoms with E-state index in [-0.39, 0.29) is 0 Å². The number of aromatic nitrogens is 1. The third-order valence-corrected chi connectivity index (χ3v) is 5.31. The van der Waals surface area contributed by atoms with Gasteiger partial charge in [0, 0.05) is 32.6 Å². The van der Waals surface area contributed by atoms with Crippen molar-refractivity contribution in [2.45, 2.75) is 13.5 Å². The summed E-state index contributed by atoms with van der Waals surface area (Å²) in [5.74, 6) is 0.777. The molecule has 3 heterocycles. The molecule has 128 valence electrons. The molecular formula is C21H14Cl2N2O. The summed E-state index contributed by atoms with van der Waals surface area (Å²) in [7, 11) is 0. The second-order valence-electron chi connectivity index (χ2n) is 6.47. The first-order valence-corrected chi connectivity index (χ1v) is 9.06. The molecule has 26 heavy (non-hydrogen) atoms. The Labute approximate surface area is 160 Å². The minimum absolute atomic E-state index is 0.469. The lowest BCUT2D eigenvalue weighted by Gasteiger charge is -2.12. The van der Waals surface area contributed by atoms with Crippen LogP contribution in [-0.2, 0) is 6.54 Å². The molecule has 5 heteroatoms. The van der Waals surface area contributed by atoms with Crippen LogP contribution in [0.2, 0.25) is 10.0 Å². The topological polar surface area (TPSA) is 30.4 Å². The van der Waals surface area contributed by atoms with Gasteiger partial charge < -0.3 is 8.98 Å². The van der Waals surface area contributed by atoms with Gasteiger partial charge in [0.1, 0.15) is 5.71 Å². The number of nitrogens with zero attached hydrogens (tertiary/aromatic N) is 2. The summed E-state index contributed by atoms with van der Waals surface area (Å²) >= 11 is 12.7. The lowest BCUT2D eigenvalue weighted by Crippen LogP contribution is -2.08. The summed E-state index contributed by atoms with van der Waals surface area (Å²) in [4.78, 5) is 4.87. The van der Waals surface area contributed by atoms with Crippen molar-refractivity contribution in [2.75, 3.05) is 0 Å². The molecule has 1 aliphatic rings. The Kier molecular flexibility index (Phi) is 3.49. The van der Waals surface area contributed by atoms with Gasteiger partial charge >= 0.3 is 0 Å². The monoisotopic (exact) mass is 380 g/mol. The molecule has 0 amide bonds. The fourth-order valence-electron chi connectivity index (χ4n) is 3.51. The van der Waals surface area contributed by atoms with Crippen molar-refractivity contribution in [2.24, 2.45) is 4.99 Å². The molecular weight excluding hydrogens is 367 g/mol. The number of rotatable bonds is 1. The maximum absolute atomic E-state index is 6.45. The summed E-state index contributed by atoms with van der Waals surface area (Å²) in [6.07, 6.45) is 3.78. The van der Waals surface area contributed by atoms with Crippen LogP contribution in [0.4, 0.5) is 0 Å². The molecule has 1 aliphatic heterocycles. The highest BCUT2D eigenvalue weighted by atomic mass is 35.5. The van der Waals surface area contributed by atoms with Gasteiger partial charge in [-0.05, 0) is 37.3 Å². The van der Waals surface area contributed by atoms with Gasteiger partial charge in [0.2, 0.25) is 0 Å². The van der Waals surface area contributed by atoms with Crippen LogP contribution in [0, 0.1) is 6.92 Å². The van der Waals surface area contributed by atoms with E-state index in [0.29, 0.717) is 16.6 Å². The Balaban J connectivity index is 1.78. The molecule has 0 N–H and O–H groups in total. The third kappa shape index (κ3) is 2.32. The van der Waals surface area contributed by atoms with E-state index in [1.54, 1.807) is 12.3 Å².